The van der Waals surface area contributed by atoms with E-state index < -0.39 is 0 Å². The molecule has 1 aliphatic heterocycles. The number of hydrogen-bond donors (Lipinski definition) is 2. The van der Waals surface area contributed by atoms with Gasteiger partial charge in [-0.25, -0.2) is 0 Å². The van der Waals surface area contributed by atoms with Gasteiger partial charge in [-0.3, -0.25) is 4.90 Å². The van der Waals surface area contributed by atoms with Crippen LogP contribution >= 0.6 is 0 Å². The average Bonchev–Trinajstić information content (AvgIpc) is 2.71. The third-order valence-corrected chi connectivity index (χ3v) is 3.67. The van der Waals surface area contributed by atoms with E-state index in [0.717, 1.165) is 26.1 Å². The zero-order chi connectivity index (χ0) is 12.2. The molecule has 16 heavy (non-hydrogen) atoms. The van der Waals surface area contributed by atoms with Crippen LogP contribution in [0.15, 0.2) is 0 Å². The van der Waals surface area contributed by atoms with Crippen molar-refractivity contribution in [1.82, 2.24) is 10.2 Å². The van der Waals surface area contributed by atoms with Crippen LogP contribution in [0.2, 0.25) is 0 Å². The van der Waals surface area contributed by atoms with Crippen molar-refractivity contribution < 1.29 is 4.74 Å². The molecule has 4 nitrogen and oxygen atoms in total. The topological polar surface area (TPSA) is 50.5 Å². The molecule has 0 aromatic heterocycles. The first kappa shape index (κ1) is 13.9. The van der Waals surface area contributed by atoms with E-state index in [1.807, 2.05) is 0 Å². The van der Waals surface area contributed by atoms with Crippen molar-refractivity contribution >= 4 is 0 Å². The Labute approximate surface area is 99.5 Å². The van der Waals surface area contributed by atoms with Crippen molar-refractivity contribution in [2.75, 3.05) is 33.3 Å². The molecule has 1 rings (SSSR count). The highest BCUT2D eigenvalue weighted by molar-refractivity contribution is 4.99. The Balaban J connectivity index is 2.46. The van der Waals surface area contributed by atoms with Crippen molar-refractivity contribution in [2.45, 2.75) is 44.9 Å². The number of rotatable bonds is 6. The molecule has 0 radical (unpaired) electrons. The monoisotopic (exact) mass is 229 g/mol. The maximum Gasteiger partial charge on any atom is 0.0667 e. The lowest BCUT2D eigenvalue weighted by atomic mass is 9.98. The minimum Gasteiger partial charge on any atom is -0.380 e. The molecule has 0 amide bonds. The van der Waals surface area contributed by atoms with Gasteiger partial charge in [0.05, 0.1) is 6.10 Å². The van der Waals surface area contributed by atoms with Gasteiger partial charge in [0.2, 0.25) is 0 Å². The van der Waals surface area contributed by atoms with Crippen LogP contribution in [-0.4, -0.2) is 55.9 Å². The first-order valence-electron chi connectivity index (χ1n) is 6.25. The van der Waals surface area contributed by atoms with Gasteiger partial charge < -0.3 is 15.8 Å². The number of nitrogens with two attached hydrogens (primary N) is 1. The van der Waals surface area contributed by atoms with E-state index >= 15 is 0 Å². The van der Waals surface area contributed by atoms with Gasteiger partial charge in [-0.1, -0.05) is 0 Å². The number of likely N-dealkylation sites (tertiary alicyclic amines) is 1. The molecule has 1 heterocycles. The largest absolute Gasteiger partial charge is 0.380 e. The number of nitrogens with zero attached hydrogens (tertiary/aromatic N) is 1. The van der Waals surface area contributed by atoms with Gasteiger partial charge in [0, 0.05) is 44.9 Å². The summed E-state index contributed by atoms with van der Waals surface area (Å²) in [4.78, 5) is 2.48. The lowest BCUT2D eigenvalue weighted by Crippen LogP contribution is -2.55. The van der Waals surface area contributed by atoms with Crippen LogP contribution in [0.3, 0.4) is 0 Å². The number of hydrogen-bond acceptors (Lipinski definition) is 4. The smallest absolute Gasteiger partial charge is 0.0667 e. The number of ether oxygens (including phenoxy) is 1. The zero-order valence-electron chi connectivity index (χ0n) is 11.1. The molecule has 1 saturated heterocycles. The maximum atomic E-state index is 5.93. The summed E-state index contributed by atoms with van der Waals surface area (Å²) in [6, 6.07) is 0.607. The number of methoxy groups -OCH3 is 1. The van der Waals surface area contributed by atoms with Crippen LogP contribution in [0.1, 0.15) is 27.2 Å². The Morgan fingerprint density at radius 3 is 2.56 bits per heavy atom. The molecule has 1 aliphatic rings. The predicted octanol–water partition coefficient (Wildman–Crippen LogP) is 0.423. The van der Waals surface area contributed by atoms with Crippen molar-refractivity contribution in [3.8, 4) is 0 Å². The maximum absolute atomic E-state index is 5.93. The lowest BCUT2D eigenvalue weighted by Gasteiger charge is -2.31. The normalized spacial score (nSPS) is 28.9. The van der Waals surface area contributed by atoms with Crippen molar-refractivity contribution in [3.63, 3.8) is 0 Å². The molecule has 0 aliphatic carbocycles. The van der Waals surface area contributed by atoms with E-state index in [4.69, 9.17) is 10.5 Å². The summed E-state index contributed by atoms with van der Waals surface area (Å²) in [5.74, 6) is 0. The van der Waals surface area contributed by atoms with Crippen molar-refractivity contribution in [2.24, 2.45) is 5.73 Å². The lowest BCUT2D eigenvalue weighted by molar-refractivity contribution is 0.106. The van der Waals surface area contributed by atoms with Crippen LogP contribution in [-0.2, 0) is 4.74 Å². The van der Waals surface area contributed by atoms with E-state index in [1.165, 1.54) is 0 Å². The molecular weight excluding hydrogens is 202 g/mol. The van der Waals surface area contributed by atoms with Gasteiger partial charge in [0.1, 0.15) is 0 Å². The van der Waals surface area contributed by atoms with Crippen molar-refractivity contribution in [1.29, 1.82) is 0 Å². The predicted molar refractivity (Wildman–Crippen MR) is 67.6 cm³/mol. The summed E-state index contributed by atoms with van der Waals surface area (Å²) in [5.41, 5.74) is 6.02. The molecule has 0 aromatic carbocycles. The fourth-order valence-electron chi connectivity index (χ4n) is 2.17. The van der Waals surface area contributed by atoms with Gasteiger partial charge in [-0.05, 0) is 27.2 Å². The third kappa shape index (κ3) is 3.42. The van der Waals surface area contributed by atoms with Crippen LogP contribution in [0.4, 0.5) is 0 Å². The van der Waals surface area contributed by atoms with E-state index in [-0.39, 0.29) is 11.6 Å². The summed E-state index contributed by atoms with van der Waals surface area (Å²) in [6.45, 7) is 10.3. The van der Waals surface area contributed by atoms with Gasteiger partial charge in [0.15, 0.2) is 0 Å². The van der Waals surface area contributed by atoms with Crippen molar-refractivity contribution in [3.05, 3.63) is 0 Å². The highest BCUT2D eigenvalue weighted by Crippen LogP contribution is 2.22. The van der Waals surface area contributed by atoms with E-state index in [9.17, 15) is 0 Å². The Hall–Kier alpha value is -0.160. The molecular formula is C12H27N3O. The summed E-state index contributed by atoms with van der Waals surface area (Å²) < 4.78 is 5.26. The SMILES string of the molecule is COC(C)CNC1(CN)CCN(C(C)C)C1. The summed E-state index contributed by atoms with van der Waals surface area (Å²) in [7, 11) is 1.75. The fourth-order valence-corrected chi connectivity index (χ4v) is 2.17. The third-order valence-electron chi connectivity index (χ3n) is 3.67. The first-order valence-corrected chi connectivity index (χ1v) is 6.25. The average molecular weight is 229 g/mol. The second kappa shape index (κ2) is 5.96. The van der Waals surface area contributed by atoms with Gasteiger partial charge >= 0.3 is 0 Å². The molecule has 0 saturated carbocycles. The second-order valence-electron chi connectivity index (χ2n) is 5.23. The number of nitrogens with one attached hydrogen (secondary N) is 1. The van der Waals surface area contributed by atoms with Crippen LogP contribution in [0.5, 0.6) is 0 Å². The standard InChI is InChI=1S/C12H27N3O/c1-10(2)15-6-5-12(8-13,9-15)14-7-11(3)16-4/h10-11,14H,5-9,13H2,1-4H3. The summed E-state index contributed by atoms with van der Waals surface area (Å²) >= 11 is 0. The minimum atomic E-state index is 0.0943. The quantitative estimate of drug-likeness (QED) is 0.693. The molecule has 0 bridgehead atoms. The fraction of sp³-hybridized carbons (Fsp3) is 1.00. The molecule has 4 heteroatoms. The van der Waals surface area contributed by atoms with Crippen LogP contribution < -0.4 is 11.1 Å². The second-order valence-corrected chi connectivity index (χ2v) is 5.23. The van der Waals surface area contributed by atoms with Gasteiger partial charge in [-0.2, -0.15) is 0 Å². The highest BCUT2D eigenvalue weighted by Gasteiger charge is 2.37. The summed E-state index contributed by atoms with van der Waals surface area (Å²) in [6.07, 6.45) is 1.38. The highest BCUT2D eigenvalue weighted by atomic mass is 16.5. The summed E-state index contributed by atoms with van der Waals surface area (Å²) in [5, 5.41) is 3.59. The molecule has 2 atom stereocenters. The first-order chi connectivity index (χ1) is 7.53. The van der Waals surface area contributed by atoms with Gasteiger partial charge in [-0.15, -0.1) is 0 Å². The molecule has 3 N–H and O–H groups in total. The van der Waals surface area contributed by atoms with Gasteiger partial charge in [0.25, 0.3) is 0 Å². The Kier molecular flexibility index (Phi) is 5.18. The van der Waals surface area contributed by atoms with E-state index in [0.29, 0.717) is 12.6 Å². The Bertz CT molecular complexity index is 210. The molecule has 2 unspecified atom stereocenters. The Morgan fingerprint density at radius 1 is 1.44 bits per heavy atom. The van der Waals surface area contributed by atoms with Crippen LogP contribution in [0, 0.1) is 0 Å². The molecule has 0 aromatic rings. The zero-order valence-corrected chi connectivity index (χ0v) is 11.1. The molecule has 96 valence electrons. The minimum absolute atomic E-state index is 0.0943. The Morgan fingerprint density at radius 2 is 2.12 bits per heavy atom. The molecule has 1 fully saturated rings. The van der Waals surface area contributed by atoms with E-state index in [1.54, 1.807) is 7.11 Å². The van der Waals surface area contributed by atoms with Crippen LogP contribution in [0.25, 0.3) is 0 Å². The molecule has 0 spiro atoms. The van der Waals surface area contributed by atoms with E-state index in [2.05, 4.69) is 31.0 Å².